The van der Waals surface area contributed by atoms with E-state index in [1.165, 1.54) is 0 Å². The molecule has 1 fully saturated rings. The van der Waals surface area contributed by atoms with Gasteiger partial charge in [-0.25, -0.2) is 4.98 Å². The summed E-state index contributed by atoms with van der Waals surface area (Å²) in [6.07, 6.45) is 5.83. The molecule has 0 radical (unpaired) electrons. The Bertz CT molecular complexity index is 692. The minimum atomic E-state index is -0.545. The molecule has 24 heavy (non-hydrogen) atoms. The van der Waals surface area contributed by atoms with Crippen LogP contribution in [0.4, 0.5) is 5.69 Å². The van der Waals surface area contributed by atoms with Crippen molar-refractivity contribution in [2.75, 3.05) is 5.32 Å². The first-order valence-electron chi connectivity index (χ1n) is 8.24. The Morgan fingerprint density at radius 2 is 1.92 bits per heavy atom. The third kappa shape index (κ3) is 4.00. The van der Waals surface area contributed by atoms with E-state index in [1.54, 1.807) is 24.5 Å². The number of nitrogens with zero attached hydrogens (tertiary/aromatic N) is 1. The van der Waals surface area contributed by atoms with Crippen LogP contribution < -0.4 is 10.6 Å². The van der Waals surface area contributed by atoms with Gasteiger partial charge in [-0.2, -0.15) is 0 Å². The average molecular weight is 343 g/mol. The first kappa shape index (κ1) is 16.6. The fourth-order valence-electron chi connectivity index (χ4n) is 2.90. The highest BCUT2D eigenvalue weighted by atomic mass is 32.1. The molecule has 1 unspecified atom stereocenters. The van der Waals surface area contributed by atoms with Gasteiger partial charge >= 0.3 is 0 Å². The second kappa shape index (κ2) is 7.57. The molecule has 2 aromatic rings. The minimum absolute atomic E-state index is 0.00531. The standard InChI is InChI=1S/C18H21N3O2S/c1-12(20-17(23)13-4-2-3-5-13)16(22)21-15-8-6-14(7-9-15)18-19-10-11-24-18/h6-13H,2-5H2,1H3,(H,20,23)(H,21,22). The van der Waals surface area contributed by atoms with Gasteiger partial charge in [-0.1, -0.05) is 12.8 Å². The molecule has 2 N–H and O–H groups in total. The number of carbonyl (C=O) groups excluding carboxylic acids is 2. The van der Waals surface area contributed by atoms with Crippen molar-refractivity contribution in [3.05, 3.63) is 35.8 Å². The average Bonchev–Trinajstić information content (AvgIpc) is 3.29. The summed E-state index contributed by atoms with van der Waals surface area (Å²) >= 11 is 1.57. The van der Waals surface area contributed by atoms with E-state index in [2.05, 4.69) is 15.6 Å². The number of amides is 2. The second-order valence-corrected chi connectivity index (χ2v) is 7.01. The van der Waals surface area contributed by atoms with Crippen molar-refractivity contribution < 1.29 is 9.59 Å². The number of benzene rings is 1. The number of nitrogens with one attached hydrogen (secondary N) is 2. The van der Waals surface area contributed by atoms with Gasteiger partial charge < -0.3 is 10.6 Å². The second-order valence-electron chi connectivity index (χ2n) is 6.12. The van der Waals surface area contributed by atoms with Crippen molar-refractivity contribution in [3.63, 3.8) is 0 Å². The normalized spacial score (nSPS) is 15.9. The summed E-state index contributed by atoms with van der Waals surface area (Å²) in [6.45, 7) is 1.71. The number of hydrogen-bond donors (Lipinski definition) is 2. The van der Waals surface area contributed by atoms with Crippen LogP contribution in [0, 0.1) is 5.92 Å². The van der Waals surface area contributed by atoms with Gasteiger partial charge in [-0.05, 0) is 44.0 Å². The predicted octanol–water partition coefficient (Wildman–Crippen LogP) is 3.44. The Morgan fingerprint density at radius 1 is 1.21 bits per heavy atom. The summed E-state index contributed by atoms with van der Waals surface area (Å²) in [7, 11) is 0. The summed E-state index contributed by atoms with van der Waals surface area (Å²) < 4.78 is 0. The molecule has 0 aliphatic heterocycles. The van der Waals surface area contributed by atoms with Crippen LogP contribution in [-0.4, -0.2) is 22.8 Å². The number of thiazole rings is 1. The summed E-state index contributed by atoms with van der Waals surface area (Å²) in [4.78, 5) is 28.6. The molecule has 6 heteroatoms. The number of aromatic nitrogens is 1. The molecule has 5 nitrogen and oxygen atoms in total. The minimum Gasteiger partial charge on any atom is -0.344 e. The fraction of sp³-hybridized carbons (Fsp3) is 0.389. The molecule has 1 atom stereocenters. The highest BCUT2D eigenvalue weighted by Gasteiger charge is 2.25. The molecule has 0 bridgehead atoms. The predicted molar refractivity (Wildman–Crippen MR) is 95.7 cm³/mol. The van der Waals surface area contributed by atoms with Crippen LogP contribution in [0.1, 0.15) is 32.6 Å². The zero-order chi connectivity index (χ0) is 16.9. The molecule has 3 rings (SSSR count). The quantitative estimate of drug-likeness (QED) is 0.873. The SMILES string of the molecule is CC(NC(=O)C1CCCC1)C(=O)Nc1ccc(-c2nccs2)cc1. The first-order valence-corrected chi connectivity index (χ1v) is 9.12. The van der Waals surface area contributed by atoms with Crippen LogP contribution in [-0.2, 0) is 9.59 Å². The van der Waals surface area contributed by atoms with E-state index >= 15 is 0 Å². The highest BCUT2D eigenvalue weighted by Crippen LogP contribution is 2.25. The van der Waals surface area contributed by atoms with Crippen molar-refractivity contribution in [2.24, 2.45) is 5.92 Å². The smallest absolute Gasteiger partial charge is 0.246 e. The number of hydrogen-bond acceptors (Lipinski definition) is 4. The largest absolute Gasteiger partial charge is 0.344 e. The van der Waals surface area contributed by atoms with E-state index in [9.17, 15) is 9.59 Å². The van der Waals surface area contributed by atoms with Gasteiger partial charge in [0.25, 0.3) is 0 Å². The van der Waals surface area contributed by atoms with Crippen LogP contribution in [0.3, 0.4) is 0 Å². The van der Waals surface area contributed by atoms with Gasteiger partial charge in [0, 0.05) is 28.7 Å². The van der Waals surface area contributed by atoms with E-state index in [4.69, 9.17) is 0 Å². The van der Waals surface area contributed by atoms with Crippen molar-refractivity contribution in [1.82, 2.24) is 10.3 Å². The van der Waals surface area contributed by atoms with E-state index in [0.717, 1.165) is 36.3 Å². The van der Waals surface area contributed by atoms with Gasteiger partial charge in [-0.15, -0.1) is 11.3 Å². The maximum atomic E-state index is 12.2. The van der Waals surface area contributed by atoms with Gasteiger partial charge in [-0.3, -0.25) is 9.59 Å². The highest BCUT2D eigenvalue weighted by molar-refractivity contribution is 7.13. The van der Waals surface area contributed by atoms with Crippen LogP contribution in [0.15, 0.2) is 35.8 Å². The molecular formula is C18H21N3O2S. The Balaban J connectivity index is 1.54. The third-order valence-corrected chi connectivity index (χ3v) is 5.13. The zero-order valence-corrected chi connectivity index (χ0v) is 14.4. The third-order valence-electron chi connectivity index (χ3n) is 4.31. The lowest BCUT2D eigenvalue weighted by Crippen LogP contribution is -2.43. The molecule has 1 aliphatic carbocycles. The zero-order valence-electron chi connectivity index (χ0n) is 13.6. The Kier molecular flexibility index (Phi) is 5.25. The lowest BCUT2D eigenvalue weighted by atomic mass is 10.1. The van der Waals surface area contributed by atoms with Gasteiger partial charge in [0.1, 0.15) is 11.0 Å². The number of rotatable bonds is 5. The van der Waals surface area contributed by atoms with Gasteiger partial charge in [0.05, 0.1) is 0 Å². The van der Waals surface area contributed by atoms with Crippen molar-refractivity contribution in [3.8, 4) is 10.6 Å². The van der Waals surface area contributed by atoms with Crippen LogP contribution >= 0.6 is 11.3 Å². The van der Waals surface area contributed by atoms with E-state index < -0.39 is 6.04 Å². The molecule has 1 aliphatic rings. The topological polar surface area (TPSA) is 71.1 Å². The summed E-state index contributed by atoms with van der Waals surface area (Å²) in [6, 6.07) is 7.00. The Morgan fingerprint density at radius 3 is 2.54 bits per heavy atom. The number of anilines is 1. The molecule has 0 saturated heterocycles. The molecule has 0 spiro atoms. The Hall–Kier alpha value is -2.21. The molecule has 1 aromatic heterocycles. The van der Waals surface area contributed by atoms with Crippen LogP contribution in [0.2, 0.25) is 0 Å². The molecule has 2 amide bonds. The lowest BCUT2D eigenvalue weighted by molar-refractivity contribution is -0.128. The Labute approximate surface area is 145 Å². The van der Waals surface area contributed by atoms with Crippen molar-refractivity contribution >= 4 is 28.8 Å². The maximum absolute atomic E-state index is 12.2. The van der Waals surface area contributed by atoms with Crippen molar-refractivity contribution in [1.29, 1.82) is 0 Å². The molecular weight excluding hydrogens is 322 g/mol. The van der Waals surface area contributed by atoms with E-state index in [-0.39, 0.29) is 17.7 Å². The maximum Gasteiger partial charge on any atom is 0.246 e. The van der Waals surface area contributed by atoms with Crippen LogP contribution in [0.5, 0.6) is 0 Å². The molecule has 1 heterocycles. The fourth-order valence-corrected chi connectivity index (χ4v) is 3.54. The van der Waals surface area contributed by atoms with E-state index in [0.29, 0.717) is 5.69 Å². The summed E-state index contributed by atoms with van der Waals surface area (Å²) in [5.41, 5.74) is 1.73. The van der Waals surface area contributed by atoms with Gasteiger partial charge in [0.15, 0.2) is 0 Å². The molecule has 1 aromatic carbocycles. The van der Waals surface area contributed by atoms with Crippen LogP contribution in [0.25, 0.3) is 10.6 Å². The number of carbonyl (C=O) groups is 2. The van der Waals surface area contributed by atoms with Gasteiger partial charge in [0.2, 0.25) is 11.8 Å². The first-order chi connectivity index (χ1) is 11.6. The lowest BCUT2D eigenvalue weighted by Gasteiger charge is -2.17. The van der Waals surface area contributed by atoms with Crippen molar-refractivity contribution in [2.45, 2.75) is 38.6 Å². The molecule has 1 saturated carbocycles. The molecule has 126 valence electrons. The monoisotopic (exact) mass is 343 g/mol. The summed E-state index contributed by atoms with van der Waals surface area (Å²) in [5.74, 6) is -0.143. The van der Waals surface area contributed by atoms with E-state index in [1.807, 2.05) is 29.6 Å². The summed E-state index contributed by atoms with van der Waals surface area (Å²) in [5, 5.41) is 8.54.